The Kier molecular flexibility index (Phi) is 6.89. The molecule has 2 aromatic rings. The average Bonchev–Trinajstić information content (AvgIpc) is 2.62. The Morgan fingerprint density at radius 3 is 2.12 bits per heavy atom. The molecule has 0 aliphatic heterocycles. The first-order valence-electron chi connectivity index (χ1n) is 9.11. The van der Waals surface area contributed by atoms with Crippen molar-refractivity contribution in [3.8, 4) is 0 Å². The highest BCUT2D eigenvalue weighted by molar-refractivity contribution is 5.94. The lowest BCUT2D eigenvalue weighted by molar-refractivity contribution is -0.114. The molecule has 2 aromatic carbocycles. The number of amides is 1. The van der Waals surface area contributed by atoms with Gasteiger partial charge in [-0.25, -0.2) is 0 Å². The number of carbonyl (C=O) groups excluding carboxylic acids is 1. The van der Waals surface area contributed by atoms with Gasteiger partial charge >= 0.3 is 0 Å². The molecule has 5 heteroatoms. The van der Waals surface area contributed by atoms with E-state index in [4.69, 9.17) is 0 Å². The summed E-state index contributed by atoms with van der Waals surface area (Å²) in [7, 11) is 3.98. The molecule has 140 valence electrons. The molecular weight excluding hydrogens is 324 g/mol. The molecule has 2 N–H and O–H groups in total. The molecule has 0 unspecified atom stereocenters. The summed E-state index contributed by atoms with van der Waals surface area (Å²) in [5.74, 6) is -0.0603. The number of hydrogen-bond donors (Lipinski definition) is 2. The third kappa shape index (κ3) is 5.15. The van der Waals surface area contributed by atoms with E-state index < -0.39 is 0 Å². The number of nitrogens with zero attached hydrogens (tertiary/aromatic N) is 2. The van der Waals surface area contributed by atoms with Gasteiger partial charge in [-0.15, -0.1) is 0 Å². The van der Waals surface area contributed by atoms with Crippen LogP contribution >= 0.6 is 0 Å². The average molecular weight is 354 g/mol. The van der Waals surface area contributed by atoms with Gasteiger partial charge in [-0.1, -0.05) is 0 Å². The van der Waals surface area contributed by atoms with E-state index in [1.165, 1.54) is 5.69 Å². The van der Waals surface area contributed by atoms with Crippen LogP contribution in [0.25, 0.3) is 0 Å². The number of benzene rings is 2. The van der Waals surface area contributed by atoms with Crippen molar-refractivity contribution < 1.29 is 4.79 Å². The smallest absolute Gasteiger partial charge is 0.243 e. The van der Waals surface area contributed by atoms with E-state index >= 15 is 0 Å². The molecule has 5 nitrogen and oxygen atoms in total. The Morgan fingerprint density at radius 2 is 1.58 bits per heavy atom. The van der Waals surface area contributed by atoms with Gasteiger partial charge in [0.2, 0.25) is 5.91 Å². The fourth-order valence-corrected chi connectivity index (χ4v) is 2.86. The SMILES string of the molecule is CCN(CC)c1ccc(NCC(=O)Nc2ccc(N(C)C)cc2)c(C)c1. The maximum atomic E-state index is 12.2. The van der Waals surface area contributed by atoms with Crippen LogP contribution in [0.5, 0.6) is 0 Å². The number of aryl methyl sites for hydroxylation is 1. The summed E-state index contributed by atoms with van der Waals surface area (Å²) < 4.78 is 0. The number of hydrogen-bond acceptors (Lipinski definition) is 4. The lowest BCUT2D eigenvalue weighted by Gasteiger charge is -2.22. The van der Waals surface area contributed by atoms with E-state index in [0.29, 0.717) is 0 Å². The monoisotopic (exact) mass is 354 g/mol. The van der Waals surface area contributed by atoms with Crippen LogP contribution in [0.15, 0.2) is 42.5 Å². The van der Waals surface area contributed by atoms with Gasteiger partial charge < -0.3 is 20.4 Å². The van der Waals surface area contributed by atoms with Crippen molar-refractivity contribution in [2.75, 3.05) is 54.2 Å². The Morgan fingerprint density at radius 1 is 0.962 bits per heavy atom. The zero-order chi connectivity index (χ0) is 19.1. The standard InChI is InChI=1S/C21H30N4O/c1-6-25(7-2)19-12-13-20(16(3)14-19)22-15-21(26)23-17-8-10-18(11-9-17)24(4)5/h8-14,22H,6-7,15H2,1-5H3,(H,23,26). The minimum absolute atomic E-state index is 0.0603. The molecule has 0 spiro atoms. The zero-order valence-electron chi connectivity index (χ0n) is 16.5. The van der Waals surface area contributed by atoms with E-state index in [1.807, 2.05) is 49.3 Å². The van der Waals surface area contributed by atoms with Gasteiger partial charge in [0, 0.05) is 49.9 Å². The zero-order valence-corrected chi connectivity index (χ0v) is 16.5. The Labute approximate surface area is 157 Å². The van der Waals surface area contributed by atoms with E-state index in [-0.39, 0.29) is 12.5 Å². The van der Waals surface area contributed by atoms with Crippen molar-refractivity contribution in [3.63, 3.8) is 0 Å². The molecule has 0 fully saturated rings. The second-order valence-electron chi connectivity index (χ2n) is 6.51. The highest BCUT2D eigenvalue weighted by atomic mass is 16.1. The summed E-state index contributed by atoms with van der Waals surface area (Å²) in [6, 6.07) is 14.1. The third-order valence-electron chi connectivity index (χ3n) is 4.45. The molecular formula is C21H30N4O. The second-order valence-corrected chi connectivity index (χ2v) is 6.51. The molecule has 0 aromatic heterocycles. The van der Waals surface area contributed by atoms with Crippen LogP contribution in [-0.4, -0.2) is 39.6 Å². The minimum Gasteiger partial charge on any atom is -0.378 e. The van der Waals surface area contributed by atoms with Gasteiger partial charge in [0.25, 0.3) is 0 Å². The van der Waals surface area contributed by atoms with Crippen LogP contribution in [0.2, 0.25) is 0 Å². The van der Waals surface area contributed by atoms with Gasteiger partial charge in [0.15, 0.2) is 0 Å². The van der Waals surface area contributed by atoms with E-state index in [9.17, 15) is 4.79 Å². The normalized spacial score (nSPS) is 10.3. The summed E-state index contributed by atoms with van der Waals surface area (Å²) >= 11 is 0. The van der Waals surface area contributed by atoms with Crippen LogP contribution in [0.4, 0.5) is 22.7 Å². The van der Waals surface area contributed by atoms with Crippen LogP contribution in [0.3, 0.4) is 0 Å². The summed E-state index contributed by atoms with van der Waals surface area (Å²) in [5, 5.41) is 6.14. The van der Waals surface area contributed by atoms with Gasteiger partial charge in [-0.3, -0.25) is 4.79 Å². The maximum Gasteiger partial charge on any atom is 0.243 e. The molecule has 0 radical (unpaired) electrons. The number of carbonyl (C=O) groups is 1. The third-order valence-corrected chi connectivity index (χ3v) is 4.45. The van der Waals surface area contributed by atoms with E-state index in [2.05, 4.69) is 48.4 Å². The van der Waals surface area contributed by atoms with Gasteiger partial charge in [0.05, 0.1) is 6.54 Å². The number of anilines is 4. The largest absolute Gasteiger partial charge is 0.378 e. The lowest BCUT2D eigenvalue weighted by Crippen LogP contribution is -2.23. The van der Waals surface area contributed by atoms with Crippen LogP contribution in [-0.2, 0) is 4.79 Å². The summed E-state index contributed by atoms with van der Waals surface area (Å²) in [6.45, 7) is 8.57. The Bertz CT molecular complexity index is 721. The van der Waals surface area contributed by atoms with Gasteiger partial charge in [0.1, 0.15) is 0 Å². The van der Waals surface area contributed by atoms with Crippen molar-refractivity contribution in [1.82, 2.24) is 0 Å². The van der Waals surface area contributed by atoms with Crippen LogP contribution in [0, 0.1) is 6.92 Å². The molecule has 0 saturated heterocycles. The molecule has 0 bridgehead atoms. The van der Waals surface area contributed by atoms with Crippen LogP contribution < -0.4 is 20.4 Å². The predicted molar refractivity (Wildman–Crippen MR) is 113 cm³/mol. The summed E-state index contributed by atoms with van der Waals surface area (Å²) in [5.41, 5.74) is 5.24. The minimum atomic E-state index is -0.0603. The maximum absolute atomic E-state index is 12.2. The van der Waals surface area contributed by atoms with Crippen molar-refractivity contribution in [3.05, 3.63) is 48.0 Å². The predicted octanol–water partition coefficient (Wildman–Crippen LogP) is 3.96. The Balaban J connectivity index is 1.92. The van der Waals surface area contributed by atoms with Crippen molar-refractivity contribution in [2.45, 2.75) is 20.8 Å². The second kappa shape index (κ2) is 9.13. The molecule has 26 heavy (non-hydrogen) atoms. The summed E-state index contributed by atoms with van der Waals surface area (Å²) in [6.07, 6.45) is 0. The van der Waals surface area contributed by atoms with Crippen LogP contribution in [0.1, 0.15) is 19.4 Å². The summed E-state index contributed by atoms with van der Waals surface area (Å²) in [4.78, 5) is 16.5. The number of nitrogens with one attached hydrogen (secondary N) is 2. The first-order chi connectivity index (χ1) is 12.4. The molecule has 0 atom stereocenters. The molecule has 0 heterocycles. The van der Waals surface area contributed by atoms with E-state index in [1.54, 1.807) is 0 Å². The van der Waals surface area contributed by atoms with E-state index in [0.717, 1.165) is 35.7 Å². The molecule has 0 saturated carbocycles. The fraction of sp³-hybridized carbons (Fsp3) is 0.381. The first-order valence-corrected chi connectivity index (χ1v) is 9.11. The molecule has 1 amide bonds. The quantitative estimate of drug-likeness (QED) is 0.753. The molecule has 0 aliphatic carbocycles. The van der Waals surface area contributed by atoms with Crippen molar-refractivity contribution >= 4 is 28.7 Å². The molecule has 2 rings (SSSR count). The highest BCUT2D eigenvalue weighted by Gasteiger charge is 2.07. The van der Waals surface area contributed by atoms with Crippen molar-refractivity contribution in [2.24, 2.45) is 0 Å². The Hall–Kier alpha value is -2.69. The number of rotatable bonds is 8. The van der Waals surface area contributed by atoms with Crippen molar-refractivity contribution in [1.29, 1.82) is 0 Å². The highest BCUT2D eigenvalue weighted by Crippen LogP contribution is 2.22. The first kappa shape index (κ1) is 19.6. The molecule has 0 aliphatic rings. The topological polar surface area (TPSA) is 47.6 Å². The van der Waals surface area contributed by atoms with Gasteiger partial charge in [-0.05, 0) is 68.8 Å². The lowest BCUT2D eigenvalue weighted by atomic mass is 10.1. The fourth-order valence-electron chi connectivity index (χ4n) is 2.86. The van der Waals surface area contributed by atoms with Gasteiger partial charge in [-0.2, -0.15) is 0 Å².